The molecule has 0 unspecified atom stereocenters. The molecule has 0 aromatic heterocycles. The van der Waals surface area contributed by atoms with E-state index in [4.69, 9.17) is 0 Å². The Hall–Kier alpha value is 0.220. The molecule has 1 fully saturated rings. The minimum Gasteiger partial charge on any atom is -0.0985 e. The van der Waals surface area contributed by atoms with Crippen LogP contribution in [0.1, 0.15) is 41.0 Å². The summed E-state index contributed by atoms with van der Waals surface area (Å²) in [5, 5.41) is 0. The van der Waals surface area contributed by atoms with E-state index >= 15 is 0 Å². The minimum atomic E-state index is 0. The van der Waals surface area contributed by atoms with Gasteiger partial charge in [0.05, 0.1) is 0 Å². The van der Waals surface area contributed by atoms with Crippen molar-refractivity contribution in [2.24, 2.45) is 0 Å². The second-order valence-corrected chi connectivity index (χ2v) is 3.99. The molecule has 0 atom stereocenters. The number of hydrogen-bond acceptors (Lipinski definition) is 0. The molecule has 0 heterocycles. The molecule has 1 saturated carbocycles. The molecule has 0 N–H and O–H groups in total. The molecule has 1 heteroatoms. The monoisotopic (exact) mass is 212 g/mol. The van der Waals surface area contributed by atoms with E-state index in [1.807, 2.05) is 6.08 Å². The summed E-state index contributed by atoms with van der Waals surface area (Å²) in [7, 11) is 0. The summed E-state index contributed by atoms with van der Waals surface area (Å²) in [4.78, 5) is 0. The van der Waals surface area contributed by atoms with Crippen molar-refractivity contribution in [2.45, 2.75) is 32.6 Å². The maximum Gasteiger partial charge on any atom is 0 e. The number of aryl methyl sites for hydroxylation is 1. The Morgan fingerprint density at radius 2 is 1.93 bits per heavy atom. The predicted molar refractivity (Wildman–Crippen MR) is 58.0 cm³/mol. The van der Waals surface area contributed by atoms with Crippen molar-refractivity contribution in [1.29, 1.82) is 0 Å². The molecule has 14 heavy (non-hydrogen) atoms. The quantitative estimate of drug-likeness (QED) is 0.699. The van der Waals surface area contributed by atoms with Crippen LogP contribution in [0.4, 0.5) is 0 Å². The number of benzene rings is 1. The first kappa shape index (κ1) is 12.3. The summed E-state index contributed by atoms with van der Waals surface area (Å²) in [5.74, 6) is 0.827. The molecule has 76 valence electrons. The molecule has 0 amide bonds. The van der Waals surface area contributed by atoms with Gasteiger partial charge in [0.1, 0.15) is 0 Å². The normalized spacial score (nSPS) is 14.7. The van der Waals surface area contributed by atoms with E-state index in [0.29, 0.717) is 0 Å². The third kappa shape index (κ3) is 2.24. The van der Waals surface area contributed by atoms with Crippen LogP contribution in [-0.4, -0.2) is 0 Å². The predicted octanol–water partition coefficient (Wildman–Crippen LogP) is 3.82. The molecule has 1 aliphatic rings. The molecule has 1 aromatic carbocycles. The van der Waals surface area contributed by atoms with Crippen LogP contribution < -0.4 is 0 Å². The number of hydrogen-bond donors (Lipinski definition) is 0. The largest absolute Gasteiger partial charge is 0.0985 e. The molecule has 0 radical (unpaired) electrons. The zero-order valence-corrected chi connectivity index (χ0v) is 9.49. The Labute approximate surface area is 116 Å². The number of rotatable bonds is 2. The van der Waals surface area contributed by atoms with Crippen LogP contribution >= 0.6 is 0 Å². The van der Waals surface area contributed by atoms with Gasteiger partial charge in [0.2, 0.25) is 0 Å². The van der Waals surface area contributed by atoms with Crippen LogP contribution in [-0.2, 0) is 0 Å². The van der Waals surface area contributed by atoms with Gasteiger partial charge in [0.15, 0.2) is 0 Å². The van der Waals surface area contributed by atoms with Crippen molar-refractivity contribution < 1.29 is 37.7 Å². The first-order chi connectivity index (χ1) is 6.24. The van der Waals surface area contributed by atoms with E-state index in [0.717, 1.165) is 5.92 Å². The van der Waals surface area contributed by atoms with Gasteiger partial charge >= 0.3 is 0 Å². The van der Waals surface area contributed by atoms with Gasteiger partial charge in [-0.2, -0.15) is 0 Å². The molecule has 0 aliphatic heterocycles. The molecule has 1 aliphatic carbocycles. The average Bonchev–Trinajstić information content (AvgIpc) is 2.92. The molecule has 1 aromatic rings. The van der Waals surface area contributed by atoms with Gasteiger partial charge in [0.25, 0.3) is 0 Å². The Balaban J connectivity index is 0.000000980. The SMILES string of the molecule is C=Cc1ccc(C)c(C)c1C1CC1.[Ar]. The fourth-order valence-electron chi connectivity index (χ4n) is 1.95. The minimum absolute atomic E-state index is 0. The van der Waals surface area contributed by atoms with Crippen molar-refractivity contribution in [3.63, 3.8) is 0 Å². The van der Waals surface area contributed by atoms with Gasteiger partial charge in [-0.25, -0.2) is 0 Å². The first-order valence-electron chi connectivity index (χ1n) is 4.96. The second-order valence-electron chi connectivity index (χ2n) is 3.99. The molecule has 0 bridgehead atoms. The summed E-state index contributed by atoms with van der Waals surface area (Å²) < 4.78 is 0. The van der Waals surface area contributed by atoms with Gasteiger partial charge in [-0.15, -0.1) is 0 Å². The van der Waals surface area contributed by atoms with Gasteiger partial charge in [0, 0.05) is 37.7 Å². The molecule has 2 rings (SSSR count). The molecular weight excluding hydrogens is 196 g/mol. The molecule has 0 spiro atoms. The maximum absolute atomic E-state index is 3.87. The van der Waals surface area contributed by atoms with Gasteiger partial charge in [-0.05, 0) is 54.9 Å². The van der Waals surface area contributed by atoms with Crippen molar-refractivity contribution >= 4 is 6.08 Å². The zero-order chi connectivity index (χ0) is 9.42. The van der Waals surface area contributed by atoms with Crippen LogP contribution in [0.5, 0.6) is 0 Å². The van der Waals surface area contributed by atoms with Crippen LogP contribution in [0.25, 0.3) is 6.08 Å². The Kier molecular flexibility index (Phi) is 4.24. The topological polar surface area (TPSA) is 0 Å². The van der Waals surface area contributed by atoms with E-state index in [1.165, 1.54) is 29.5 Å². The van der Waals surface area contributed by atoms with Gasteiger partial charge < -0.3 is 0 Å². The standard InChI is InChI=1S/C13H16.Ar/c1-4-11-6-5-9(2)10(3)13(11)12-7-8-12;/h4-6,12H,1,7-8H2,2-3H3;. The summed E-state index contributed by atoms with van der Waals surface area (Å²) >= 11 is 0. The van der Waals surface area contributed by atoms with Crippen molar-refractivity contribution in [3.8, 4) is 0 Å². The van der Waals surface area contributed by atoms with Crippen LogP contribution in [0.3, 0.4) is 0 Å². The van der Waals surface area contributed by atoms with E-state index < -0.39 is 0 Å². The van der Waals surface area contributed by atoms with Crippen molar-refractivity contribution in [2.75, 3.05) is 0 Å². The first-order valence-corrected chi connectivity index (χ1v) is 4.96. The summed E-state index contributed by atoms with van der Waals surface area (Å²) in [6, 6.07) is 4.39. The molecule has 0 nitrogen and oxygen atoms in total. The van der Waals surface area contributed by atoms with Gasteiger partial charge in [-0.1, -0.05) is 24.8 Å². The Morgan fingerprint density at radius 3 is 2.43 bits per heavy atom. The summed E-state index contributed by atoms with van der Waals surface area (Å²) in [5.41, 5.74) is 5.77. The van der Waals surface area contributed by atoms with Crippen LogP contribution in [0.15, 0.2) is 18.7 Å². The fraction of sp³-hybridized carbons (Fsp3) is 0.385. The molecular formula is C13H16Ar. The van der Waals surface area contributed by atoms with Crippen LogP contribution in [0, 0.1) is 51.6 Å². The van der Waals surface area contributed by atoms with Crippen molar-refractivity contribution in [3.05, 3.63) is 41.0 Å². The van der Waals surface area contributed by atoms with E-state index in [-0.39, 0.29) is 37.7 Å². The average molecular weight is 212 g/mol. The van der Waals surface area contributed by atoms with E-state index in [2.05, 4.69) is 32.6 Å². The summed E-state index contributed by atoms with van der Waals surface area (Å²) in [6.07, 6.45) is 4.72. The third-order valence-corrected chi connectivity index (χ3v) is 3.02. The second kappa shape index (κ2) is 4.83. The van der Waals surface area contributed by atoms with Crippen LogP contribution in [0.2, 0.25) is 0 Å². The smallest absolute Gasteiger partial charge is 0 e. The Morgan fingerprint density at radius 1 is 1.29 bits per heavy atom. The molecule has 0 saturated heterocycles. The fourth-order valence-corrected chi connectivity index (χ4v) is 1.95. The maximum atomic E-state index is 3.87. The Bertz CT molecular complexity index is 348. The zero-order valence-electron chi connectivity index (χ0n) is 8.78. The van der Waals surface area contributed by atoms with E-state index in [1.54, 1.807) is 5.56 Å². The van der Waals surface area contributed by atoms with Crippen molar-refractivity contribution in [1.82, 2.24) is 0 Å². The van der Waals surface area contributed by atoms with Gasteiger partial charge in [-0.3, -0.25) is 0 Å². The summed E-state index contributed by atoms with van der Waals surface area (Å²) in [6.45, 7) is 8.29. The third-order valence-electron chi connectivity index (χ3n) is 3.02. The van der Waals surface area contributed by atoms with E-state index in [9.17, 15) is 0 Å².